The molecule has 1 rings (SSSR count). The molecule has 0 heterocycles. The Morgan fingerprint density at radius 2 is 2.18 bits per heavy atom. The second kappa shape index (κ2) is 5.80. The summed E-state index contributed by atoms with van der Waals surface area (Å²) >= 11 is 0. The van der Waals surface area contributed by atoms with Crippen molar-refractivity contribution in [2.75, 3.05) is 25.0 Å². The van der Waals surface area contributed by atoms with E-state index < -0.39 is 16.0 Å². The van der Waals surface area contributed by atoms with Gasteiger partial charge >= 0.3 is 0 Å². The van der Waals surface area contributed by atoms with Gasteiger partial charge in [-0.05, 0) is 12.1 Å². The minimum absolute atomic E-state index is 0.0749. The number of aromatic hydroxyl groups is 1. The maximum Gasteiger partial charge on any atom is 0.299 e. The van der Waals surface area contributed by atoms with E-state index in [0.29, 0.717) is 0 Å². The van der Waals surface area contributed by atoms with Gasteiger partial charge in [0.1, 0.15) is 5.75 Å². The third-order valence-corrected chi connectivity index (χ3v) is 2.87. The van der Waals surface area contributed by atoms with Crippen LogP contribution in [0.15, 0.2) is 18.2 Å². The molecule has 0 fully saturated rings. The fourth-order valence-electron chi connectivity index (χ4n) is 1.05. The number of nitrogens with one attached hydrogen (secondary N) is 2. The van der Waals surface area contributed by atoms with Crippen molar-refractivity contribution in [3.05, 3.63) is 24.0 Å². The van der Waals surface area contributed by atoms with Crippen LogP contribution >= 0.6 is 0 Å². The van der Waals surface area contributed by atoms with Crippen LogP contribution in [-0.2, 0) is 14.9 Å². The monoisotopic (exact) mass is 264 g/mol. The van der Waals surface area contributed by atoms with Crippen LogP contribution in [0.2, 0.25) is 0 Å². The topological polar surface area (TPSA) is 87.7 Å². The molecule has 0 amide bonds. The SMILES string of the molecule is COCCNS(=O)(=O)Nc1ccc(O)cc1F. The summed E-state index contributed by atoms with van der Waals surface area (Å²) in [4.78, 5) is 0. The van der Waals surface area contributed by atoms with Gasteiger partial charge in [0.25, 0.3) is 10.2 Å². The number of methoxy groups -OCH3 is 1. The van der Waals surface area contributed by atoms with E-state index in [9.17, 15) is 12.8 Å². The second-order valence-corrected chi connectivity index (χ2v) is 4.66. The smallest absolute Gasteiger partial charge is 0.299 e. The maximum atomic E-state index is 13.2. The molecule has 8 heteroatoms. The minimum Gasteiger partial charge on any atom is -0.508 e. The summed E-state index contributed by atoms with van der Waals surface area (Å²) in [5.74, 6) is -1.14. The van der Waals surface area contributed by atoms with Gasteiger partial charge in [0.2, 0.25) is 0 Å². The third kappa shape index (κ3) is 4.55. The van der Waals surface area contributed by atoms with E-state index in [2.05, 4.69) is 9.46 Å². The number of hydrogen-bond acceptors (Lipinski definition) is 4. The molecular formula is C9H13FN2O4S. The Kier molecular flexibility index (Phi) is 4.67. The summed E-state index contributed by atoms with van der Waals surface area (Å²) in [6.07, 6.45) is 0. The molecule has 1 aromatic carbocycles. The normalized spacial score (nSPS) is 11.4. The molecule has 0 bridgehead atoms. The molecule has 0 aliphatic heterocycles. The zero-order valence-corrected chi connectivity index (χ0v) is 9.92. The summed E-state index contributed by atoms with van der Waals surface area (Å²) < 4.78 is 44.9. The Hall–Kier alpha value is -1.38. The minimum atomic E-state index is -3.84. The number of phenols is 1. The average molecular weight is 264 g/mol. The van der Waals surface area contributed by atoms with Gasteiger partial charge in [0.15, 0.2) is 5.82 Å². The van der Waals surface area contributed by atoms with Gasteiger partial charge < -0.3 is 9.84 Å². The Bertz CT molecular complexity index is 478. The van der Waals surface area contributed by atoms with Crippen LogP contribution in [0.3, 0.4) is 0 Å². The molecule has 0 aromatic heterocycles. The highest BCUT2D eigenvalue weighted by molar-refractivity contribution is 7.90. The van der Waals surface area contributed by atoms with Crippen LogP contribution in [-0.4, -0.2) is 33.8 Å². The fraction of sp³-hybridized carbons (Fsp3) is 0.333. The Labute approximate surface area is 98.6 Å². The quantitative estimate of drug-likeness (QED) is 0.513. The van der Waals surface area contributed by atoms with Crippen LogP contribution in [0.5, 0.6) is 5.75 Å². The molecule has 6 nitrogen and oxygen atoms in total. The van der Waals surface area contributed by atoms with Gasteiger partial charge in [0.05, 0.1) is 12.3 Å². The second-order valence-electron chi connectivity index (χ2n) is 3.16. The summed E-state index contributed by atoms with van der Waals surface area (Å²) in [6, 6.07) is 3.11. The van der Waals surface area contributed by atoms with Crippen LogP contribution in [0.25, 0.3) is 0 Å². The van der Waals surface area contributed by atoms with Crippen molar-refractivity contribution in [2.24, 2.45) is 0 Å². The number of rotatable bonds is 6. The standard InChI is InChI=1S/C9H13FN2O4S/c1-16-5-4-11-17(14,15)12-9-3-2-7(13)6-8(9)10/h2-3,6,11-13H,4-5H2,1H3. The van der Waals surface area contributed by atoms with Gasteiger partial charge in [-0.3, -0.25) is 4.72 Å². The van der Waals surface area contributed by atoms with E-state index in [1.165, 1.54) is 13.2 Å². The number of phenolic OH excluding ortho intramolecular Hbond substituents is 1. The summed E-state index contributed by atoms with van der Waals surface area (Å²) in [5, 5.41) is 8.96. The van der Waals surface area contributed by atoms with Crippen LogP contribution in [0, 0.1) is 5.82 Å². The first-order valence-electron chi connectivity index (χ1n) is 4.69. The molecule has 96 valence electrons. The molecule has 0 saturated carbocycles. The predicted molar refractivity (Wildman–Crippen MR) is 60.5 cm³/mol. The molecule has 1 aromatic rings. The molecule has 3 N–H and O–H groups in total. The van der Waals surface area contributed by atoms with Crippen LogP contribution in [0.4, 0.5) is 10.1 Å². The lowest BCUT2D eigenvalue weighted by atomic mass is 10.3. The predicted octanol–water partition coefficient (Wildman–Crippen LogP) is 0.424. The van der Waals surface area contributed by atoms with E-state index in [1.54, 1.807) is 0 Å². The maximum absolute atomic E-state index is 13.2. The lowest BCUT2D eigenvalue weighted by Gasteiger charge is -2.09. The fourth-order valence-corrected chi connectivity index (χ4v) is 1.93. The molecule has 0 atom stereocenters. The molecule has 0 radical (unpaired) electrons. The first-order chi connectivity index (χ1) is 7.94. The van der Waals surface area contributed by atoms with Gasteiger partial charge in [0, 0.05) is 19.7 Å². The molecule has 0 aliphatic carbocycles. The van der Waals surface area contributed by atoms with Gasteiger partial charge in [-0.1, -0.05) is 0 Å². The summed E-state index contributed by atoms with van der Waals surface area (Å²) in [5.41, 5.74) is -0.243. The van der Waals surface area contributed by atoms with Crippen molar-refractivity contribution in [1.29, 1.82) is 0 Å². The van der Waals surface area contributed by atoms with Gasteiger partial charge in [-0.25, -0.2) is 4.39 Å². The highest BCUT2D eigenvalue weighted by atomic mass is 32.2. The van der Waals surface area contributed by atoms with Crippen molar-refractivity contribution >= 4 is 15.9 Å². The van der Waals surface area contributed by atoms with Crippen LogP contribution < -0.4 is 9.44 Å². The number of hydrogen-bond donors (Lipinski definition) is 3. The van der Waals surface area contributed by atoms with Crippen molar-refractivity contribution in [1.82, 2.24) is 4.72 Å². The van der Waals surface area contributed by atoms with Crippen molar-refractivity contribution < 1.29 is 22.7 Å². The first-order valence-corrected chi connectivity index (χ1v) is 6.18. The molecule has 17 heavy (non-hydrogen) atoms. The van der Waals surface area contributed by atoms with Gasteiger partial charge in [-0.15, -0.1) is 0 Å². The Balaban J connectivity index is 2.69. The average Bonchev–Trinajstić information content (AvgIpc) is 2.22. The van der Waals surface area contributed by atoms with E-state index in [1.807, 2.05) is 4.72 Å². The zero-order chi connectivity index (χ0) is 12.9. The van der Waals surface area contributed by atoms with Gasteiger partial charge in [-0.2, -0.15) is 13.1 Å². The molecule has 0 unspecified atom stereocenters. The van der Waals surface area contributed by atoms with E-state index in [4.69, 9.17) is 5.11 Å². The summed E-state index contributed by atoms with van der Waals surface area (Å²) in [7, 11) is -2.41. The van der Waals surface area contributed by atoms with E-state index >= 15 is 0 Å². The molecular weight excluding hydrogens is 251 g/mol. The number of benzene rings is 1. The zero-order valence-electron chi connectivity index (χ0n) is 9.10. The number of anilines is 1. The van der Waals surface area contributed by atoms with E-state index in [-0.39, 0.29) is 24.6 Å². The van der Waals surface area contributed by atoms with Crippen molar-refractivity contribution in [2.45, 2.75) is 0 Å². The molecule has 0 saturated heterocycles. The largest absolute Gasteiger partial charge is 0.508 e. The lowest BCUT2D eigenvalue weighted by Crippen LogP contribution is -2.32. The molecule has 0 aliphatic rings. The lowest BCUT2D eigenvalue weighted by molar-refractivity contribution is 0.204. The third-order valence-electron chi connectivity index (χ3n) is 1.80. The van der Waals surface area contributed by atoms with E-state index in [0.717, 1.165) is 12.1 Å². The number of halogens is 1. The van der Waals surface area contributed by atoms with Crippen molar-refractivity contribution in [3.8, 4) is 5.75 Å². The molecule has 0 spiro atoms. The highest BCUT2D eigenvalue weighted by Gasteiger charge is 2.12. The highest BCUT2D eigenvalue weighted by Crippen LogP contribution is 2.19. The Morgan fingerprint density at radius 1 is 1.47 bits per heavy atom. The number of ether oxygens (including phenoxy) is 1. The van der Waals surface area contributed by atoms with Crippen molar-refractivity contribution in [3.63, 3.8) is 0 Å². The van der Waals surface area contributed by atoms with Crippen LogP contribution in [0.1, 0.15) is 0 Å². The Morgan fingerprint density at radius 3 is 2.76 bits per heavy atom. The summed E-state index contributed by atoms with van der Waals surface area (Å²) in [6.45, 7) is 0.282. The first kappa shape index (κ1) is 13.7.